The van der Waals surface area contributed by atoms with Gasteiger partial charge in [-0.15, -0.1) is 9.61 Å². The molecule has 0 aliphatic carbocycles. The van der Waals surface area contributed by atoms with E-state index < -0.39 is 24.1 Å². The number of hydrogen-bond donors (Lipinski definition) is 2. The van der Waals surface area contributed by atoms with Gasteiger partial charge in [-0.05, 0) is 17.4 Å². The van der Waals surface area contributed by atoms with Crippen LogP contribution in [0.3, 0.4) is 0 Å². The van der Waals surface area contributed by atoms with E-state index in [9.17, 15) is 9.90 Å². The van der Waals surface area contributed by atoms with Gasteiger partial charge in [-0.2, -0.15) is 0 Å². The van der Waals surface area contributed by atoms with Gasteiger partial charge >= 0.3 is 5.69 Å². The van der Waals surface area contributed by atoms with Crippen molar-refractivity contribution >= 4 is 5.65 Å². The van der Waals surface area contributed by atoms with Crippen molar-refractivity contribution in [2.24, 2.45) is 0 Å². The molecule has 0 spiro atoms. The Kier molecular flexibility index (Phi) is 2.81. The summed E-state index contributed by atoms with van der Waals surface area (Å²) in [6.45, 7) is 1.48. The minimum Gasteiger partial charge on any atom is -0.394 e. The molecule has 1 aliphatic heterocycles. The normalized spacial score (nSPS) is 27.2. The lowest BCUT2D eigenvalue weighted by molar-refractivity contribution is -0.0461. The first kappa shape index (κ1) is 12.2. The van der Waals surface area contributed by atoms with E-state index in [1.165, 1.54) is 4.57 Å². The van der Waals surface area contributed by atoms with E-state index in [1.54, 1.807) is 13.1 Å². The number of tetrazole rings is 1. The number of rotatable bonds is 2. The SMILES string of the molecule is Cc1cn([C@@H]2C[C@@H](O)[C@H](CO)O2)c(=O)n2nnnc12. The average molecular weight is 267 g/mol. The predicted molar refractivity (Wildman–Crippen MR) is 61.4 cm³/mol. The highest BCUT2D eigenvalue weighted by atomic mass is 16.5. The zero-order valence-corrected chi connectivity index (χ0v) is 10.2. The molecule has 0 unspecified atom stereocenters. The Bertz CT molecular complexity index is 665. The lowest BCUT2D eigenvalue weighted by Crippen LogP contribution is -2.31. The van der Waals surface area contributed by atoms with Gasteiger partial charge in [0, 0.05) is 18.2 Å². The molecule has 3 rings (SSSR count). The molecule has 3 atom stereocenters. The molecule has 1 aliphatic rings. The van der Waals surface area contributed by atoms with Crippen LogP contribution in [0.25, 0.3) is 5.65 Å². The van der Waals surface area contributed by atoms with Crippen LogP contribution in [0.1, 0.15) is 18.2 Å². The van der Waals surface area contributed by atoms with Gasteiger partial charge in [0.05, 0.1) is 12.7 Å². The molecule has 0 saturated carbocycles. The van der Waals surface area contributed by atoms with Crippen molar-refractivity contribution in [3.05, 3.63) is 22.2 Å². The summed E-state index contributed by atoms with van der Waals surface area (Å²) in [6, 6.07) is 0. The molecule has 19 heavy (non-hydrogen) atoms. The lowest BCUT2D eigenvalue weighted by atomic mass is 10.2. The molecule has 102 valence electrons. The molecule has 1 saturated heterocycles. The van der Waals surface area contributed by atoms with Crippen LogP contribution in [0.4, 0.5) is 0 Å². The third-order valence-corrected chi connectivity index (χ3v) is 3.25. The third-order valence-electron chi connectivity index (χ3n) is 3.25. The molecule has 0 bridgehead atoms. The molecule has 0 amide bonds. The maximum Gasteiger partial charge on any atom is 0.354 e. The maximum absolute atomic E-state index is 12.2. The monoisotopic (exact) mass is 267 g/mol. The van der Waals surface area contributed by atoms with Gasteiger partial charge in [0.25, 0.3) is 0 Å². The number of aliphatic hydroxyl groups excluding tert-OH is 2. The summed E-state index contributed by atoms with van der Waals surface area (Å²) < 4.78 is 7.86. The van der Waals surface area contributed by atoms with Crippen molar-refractivity contribution in [1.82, 2.24) is 24.6 Å². The van der Waals surface area contributed by atoms with E-state index in [4.69, 9.17) is 9.84 Å². The number of aryl methyl sites for hydroxylation is 1. The Labute approximate surface area is 107 Å². The molecule has 2 aromatic heterocycles. The highest BCUT2D eigenvalue weighted by Gasteiger charge is 2.35. The second-order valence-electron chi connectivity index (χ2n) is 4.53. The van der Waals surface area contributed by atoms with Crippen LogP contribution in [0.2, 0.25) is 0 Å². The van der Waals surface area contributed by atoms with Gasteiger partial charge in [-0.25, -0.2) is 4.79 Å². The van der Waals surface area contributed by atoms with Crippen LogP contribution in [0, 0.1) is 6.92 Å². The lowest BCUT2D eigenvalue weighted by Gasteiger charge is -2.15. The summed E-state index contributed by atoms with van der Waals surface area (Å²) in [5, 5.41) is 29.6. The quantitative estimate of drug-likeness (QED) is 0.662. The summed E-state index contributed by atoms with van der Waals surface area (Å²) in [4.78, 5) is 12.2. The van der Waals surface area contributed by atoms with Crippen LogP contribution in [0.15, 0.2) is 11.0 Å². The first-order valence-electron chi connectivity index (χ1n) is 5.86. The summed E-state index contributed by atoms with van der Waals surface area (Å²) in [7, 11) is 0. The smallest absolute Gasteiger partial charge is 0.354 e. The number of fused-ring (bicyclic) bond motifs is 1. The van der Waals surface area contributed by atoms with Gasteiger partial charge in [0.2, 0.25) is 0 Å². The van der Waals surface area contributed by atoms with Gasteiger partial charge in [0.15, 0.2) is 5.65 Å². The van der Waals surface area contributed by atoms with Crippen molar-refractivity contribution in [1.29, 1.82) is 0 Å². The van der Waals surface area contributed by atoms with E-state index in [0.717, 1.165) is 10.1 Å². The number of aliphatic hydroxyl groups is 2. The molecule has 2 N–H and O–H groups in total. The Balaban J connectivity index is 2.07. The van der Waals surface area contributed by atoms with Gasteiger partial charge in [0.1, 0.15) is 12.3 Å². The van der Waals surface area contributed by atoms with Crippen molar-refractivity contribution in [2.75, 3.05) is 6.61 Å². The summed E-state index contributed by atoms with van der Waals surface area (Å²) in [6.07, 6.45) is -0.288. The standard InChI is InChI=1S/C10H13N5O4/c1-5-3-14(8-2-6(17)7(4-16)19-8)10(18)15-9(5)11-12-13-15/h3,6-8,16-17H,2,4H2,1H3/t6-,7+,8+/m1/s1. The average Bonchev–Trinajstić information content (AvgIpc) is 3.00. The Hall–Kier alpha value is -1.84. The molecule has 3 heterocycles. The fraction of sp³-hybridized carbons (Fsp3) is 0.600. The highest BCUT2D eigenvalue weighted by Crippen LogP contribution is 2.27. The Morgan fingerprint density at radius 1 is 1.58 bits per heavy atom. The first-order valence-corrected chi connectivity index (χ1v) is 5.86. The van der Waals surface area contributed by atoms with Crippen molar-refractivity contribution in [3.63, 3.8) is 0 Å². The fourth-order valence-corrected chi connectivity index (χ4v) is 2.25. The molecule has 2 aromatic rings. The van der Waals surface area contributed by atoms with Crippen LogP contribution in [-0.4, -0.2) is 53.6 Å². The molecule has 0 radical (unpaired) electrons. The topological polar surface area (TPSA) is 115 Å². The zero-order valence-electron chi connectivity index (χ0n) is 10.2. The minimum absolute atomic E-state index is 0.234. The minimum atomic E-state index is -0.799. The van der Waals surface area contributed by atoms with Crippen LogP contribution in [-0.2, 0) is 4.74 Å². The van der Waals surface area contributed by atoms with Crippen LogP contribution in [0.5, 0.6) is 0 Å². The van der Waals surface area contributed by atoms with E-state index >= 15 is 0 Å². The van der Waals surface area contributed by atoms with Gasteiger partial charge in [-0.1, -0.05) is 0 Å². The summed E-state index contributed by atoms with van der Waals surface area (Å²) >= 11 is 0. The number of ether oxygens (including phenoxy) is 1. The molecule has 9 heteroatoms. The fourth-order valence-electron chi connectivity index (χ4n) is 2.25. The number of hydrogen-bond acceptors (Lipinski definition) is 7. The van der Waals surface area contributed by atoms with Crippen molar-refractivity contribution in [2.45, 2.75) is 31.8 Å². The summed E-state index contributed by atoms with van der Waals surface area (Å²) in [5.74, 6) is 0. The number of aromatic nitrogens is 5. The first-order chi connectivity index (χ1) is 9.11. The summed E-state index contributed by atoms with van der Waals surface area (Å²) in [5.41, 5.74) is 0.662. The maximum atomic E-state index is 12.2. The predicted octanol–water partition coefficient (Wildman–Crippen LogP) is -1.76. The highest BCUT2D eigenvalue weighted by molar-refractivity contribution is 5.42. The number of nitrogens with zero attached hydrogens (tertiary/aromatic N) is 5. The van der Waals surface area contributed by atoms with Crippen molar-refractivity contribution < 1.29 is 14.9 Å². The molecule has 1 fully saturated rings. The zero-order chi connectivity index (χ0) is 13.6. The second kappa shape index (κ2) is 4.37. The van der Waals surface area contributed by atoms with E-state index in [-0.39, 0.29) is 13.0 Å². The Morgan fingerprint density at radius 2 is 2.37 bits per heavy atom. The van der Waals surface area contributed by atoms with Crippen LogP contribution < -0.4 is 5.69 Å². The molecule has 9 nitrogen and oxygen atoms in total. The van der Waals surface area contributed by atoms with Crippen LogP contribution >= 0.6 is 0 Å². The second-order valence-corrected chi connectivity index (χ2v) is 4.53. The van der Waals surface area contributed by atoms with E-state index in [2.05, 4.69) is 15.5 Å². The molecular formula is C10H13N5O4. The Morgan fingerprint density at radius 3 is 3.05 bits per heavy atom. The van der Waals surface area contributed by atoms with Crippen molar-refractivity contribution in [3.8, 4) is 0 Å². The van der Waals surface area contributed by atoms with Gasteiger partial charge < -0.3 is 14.9 Å². The molecule has 0 aromatic carbocycles. The molecular weight excluding hydrogens is 254 g/mol. The largest absolute Gasteiger partial charge is 0.394 e. The van der Waals surface area contributed by atoms with Gasteiger partial charge in [-0.3, -0.25) is 4.57 Å². The van der Waals surface area contributed by atoms with E-state index in [1.807, 2.05) is 0 Å². The van der Waals surface area contributed by atoms with E-state index in [0.29, 0.717) is 5.65 Å². The third kappa shape index (κ3) is 1.82.